The average Bonchev–Trinajstić information content (AvgIpc) is 3.43. The van der Waals surface area contributed by atoms with E-state index in [-0.39, 0.29) is 6.04 Å². The number of nitrogens with zero attached hydrogens (tertiary/aromatic N) is 5. The molecule has 4 aromatic rings. The summed E-state index contributed by atoms with van der Waals surface area (Å²) in [6.07, 6.45) is 3.78. The van der Waals surface area contributed by atoms with Gasteiger partial charge in [0, 0.05) is 30.4 Å². The topological polar surface area (TPSA) is 68.1 Å². The molecule has 1 saturated heterocycles. The summed E-state index contributed by atoms with van der Waals surface area (Å²) in [5.41, 5.74) is 3.48. The lowest BCUT2D eigenvalue weighted by molar-refractivity contribution is 0.0331. The third-order valence-corrected chi connectivity index (χ3v) is 7.15. The predicted molar refractivity (Wildman–Crippen MR) is 129 cm³/mol. The van der Waals surface area contributed by atoms with E-state index in [9.17, 15) is 0 Å². The maximum atomic E-state index is 5.49. The van der Waals surface area contributed by atoms with E-state index in [1.54, 1.807) is 17.5 Å². The van der Waals surface area contributed by atoms with E-state index in [0.717, 1.165) is 60.4 Å². The lowest BCUT2D eigenvalue weighted by Gasteiger charge is -2.26. The Hall–Kier alpha value is -2.81. The number of thiophene rings is 1. The highest BCUT2D eigenvalue weighted by atomic mass is 32.1. The van der Waals surface area contributed by atoms with E-state index < -0.39 is 0 Å². The van der Waals surface area contributed by atoms with Gasteiger partial charge < -0.3 is 10.1 Å². The van der Waals surface area contributed by atoms with E-state index in [0.29, 0.717) is 0 Å². The Labute approximate surface area is 192 Å². The van der Waals surface area contributed by atoms with Crippen molar-refractivity contribution < 1.29 is 4.74 Å². The smallest absolute Gasteiger partial charge is 0.146 e. The predicted octanol–water partition coefficient (Wildman–Crippen LogP) is 4.50. The first kappa shape index (κ1) is 21.1. The number of para-hydroxylation sites is 1. The van der Waals surface area contributed by atoms with Crippen LogP contribution in [-0.2, 0) is 11.3 Å². The van der Waals surface area contributed by atoms with Crippen molar-refractivity contribution in [3.63, 3.8) is 0 Å². The van der Waals surface area contributed by atoms with Crippen LogP contribution in [-0.4, -0.2) is 51.0 Å². The molecule has 1 fully saturated rings. The molecule has 1 N–H and O–H groups in total. The number of aryl methyl sites for hydroxylation is 2. The molecule has 7 nitrogen and oxygen atoms in total. The summed E-state index contributed by atoms with van der Waals surface area (Å²) in [7, 11) is 0. The van der Waals surface area contributed by atoms with Crippen LogP contribution < -0.4 is 5.32 Å². The monoisotopic (exact) mass is 448 g/mol. The molecule has 166 valence electrons. The quantitative estimate of drug-likeness (QED) is 0.468. The fraction of sp³-hybridized carbons (Fsp3) is 0.375. The van der Waals surface area contributed by atoms with Gasteiger partial charge in [-0.15, -0.1) is 11.3 Å². The van der Waals surface area contributed by atoms with Gasteiger partial charge in [0.1, 0.15) is 16.5 Å². The Morgan fingerprint density at radius 2 is 1.94 bits per heavy atom. The van der Waals surface area contributed by atoms with Crippen LogP contribution in [0.2, 0.25) is 0 Å². The minimum absolute atomic E-state index is 0.0457. The third-order valence-electron chi connectivity index (χ3n) is 6.05. The molecule has 1 atom stereocenters. The molecular formula is C24H28N6OS. The first-order valence-electron chi connectivity index (χ1n) is 11.0. The maximum absolute atomic E-state index is 5.49. The second-order valence-corrected chi connectivity index (χ2v) is 9.42. The van der Waals surface area contributed by atoms with Gasteiger partial charge in [-0.2, -0.15) is 5.10 Å². The molecular weight excluding hydrogens is 420 g/mol. The van der Waals surface area contributed by atoms with Crippen LogP contribution in [0.25, 0.3) is 15.9 Å². The van der Waals surface area contributed by atoms with E-state index in [2.05, 4.69) is 54.3 Å². The number of benzene rings is 1. The molecule has 8 heteroatoms. The van der Waals surface area contributed by atoms with Crippen molar-refractivity contribution in [1.29, 1.82) is 0 Å². The number of anilines is 1. The number of nitrogens with one attached hydrogen (secondary N) is 1. The van der Waals surface area contributed by atoms with Gasteiger partial charge in [0.2, 0.25) is 0 Å². The highest BCUT2D eigenvalue weighted by Crippen LogP contribution is 2.35. The number of hydrogen-bond acceptors (Lipinski definition) is 7. The van der Waals surface area contributed by atoms with Gasteiger partial charge >= 0.3 is 0 Å². The standard InChI is InChI=1S/C24H28N6OS/c1-16-18(3)32-24-22(16)23(27-21(28-24)15-29-11-13-31-14-12-29)26-17(2)19-7-4-5-8-20(19)30-10-6-9-25-30/h4-10,17H,11-15H2,1-3H3,(H,26,27,28). The lowest BCUT2D eigenvalue weighted by Crippen LogP contribution is -2.36. The van der Waals surface area contributed by atoms with Gasteiger partial charge in [-0.1, -0.05) is 18.2 Å². The van der Waals surface area contributed by atoms with E-state index in [1.807, 2.05) is 23.0 Å². The molecule has 0 bridgehead atoms. The highest BCUT2D eigenvalue weighted by molar-refractivity contribution is 7.18. The minimum atomic E-state index is 0.0457. The van der Waals surface area contributed by atoms with E-state index in [1.165, 1.54) is 16.0 Å². The van der Waals surface area contributed by atoms with Crippen LogP contribution >= 0.6 is 11.3 Å². The fourth-order valence-corrected chi connectivity index (χ4v) is 5.23. The maximum Gasteiger partial charge on any atom is 0.146 e. The van der Waals surface area contributed by atoms with Gasteiger partial charge in [-0.25, -0.2) is 14.6 Å². The largest absolute Gasteiger partial charge is 0.379 e. The second-order valence-electron chi connectivity index (χ2n) is 8.22. The van der Waals surface area contributed by atoms with E-state index >= 15 is 0 Å². The van der Waals surface area contributed by atoms with Crippen molar-refractivity contribution in [3.05, 3.63) is 64.6 Å². The molecule has 1 unspecified atom stereocenters. The number of aromatic nitrogens is 4. The fourth-order valence-electron chi connectivity index (χ4n) is 4.18. The summed E-state index contributed by atoms with van der Waals surface area (Å²) in [5.74, 6) is 1.76. The molecule has 1 aliphatic rings. The third kappa shape index (κ3) is 4.13. The van der Waals surface area contributed by atoms with Crippen LogP contribution in [0.1, 0.15) is 34.8 Å². The molecule has 32 heavy (non-hydrogen) atoms. The van der Waals surface area contributed by atoms with Crippen LogP contribution in [0.4, 0.5) is 5.82 Å². The summed E-state index contributed by atoms with van der Waals surface area (Å²) in [6, 6.07) is 10.3. The Morgan fingerprint density at radius 3 is 2.72 bits per heavy atom. The number of morpholine rings is 1. The molecule has 4 heterocycles. The summed E-state index contributed by atoms with van der Waals surface area (Å²) in [4.78, 5) is 14.6. The average molecular weight is 449 g/mol. The molecule has 1 aliphatic heterocycles. The van der Waals surface area contributed by atoms with Crippen LogP contribution in [0.3, 0.4) is 0 Å². The van der Waals surface area contributed by atoms with Crippen LogP contribution in [0, 0.1) is 13.8 Å². The molecule has 5 rings (SSSR count). The Balaban J connectivity index is 1.50. The zero-order valence-electron chi connectivity index (χ0n) is 18.7. The van der Waals surface area contributed by atoms with Gasteiger partial charge in [0.25, 0.3) is 0 Å². The minimum Gasteiger partial charge on any atom is -0.379 e. The van der Waals surface area contributed by atoms with Crippen molar-refractivity contribution in [2.45, 2.75) is 33.4 Å². The first-order chi connectivity index (χ1) is 15.6. The van der Waals surface area contributed by atoms with Gasteiger partial charge in [-0.05, 0) is 44.0 Å². The van der Waals surface area contributed by atoms with Crippen molar-refractivity contribution >= 4 is 27.4 Å². The van der Waals surface area contributed by atoms with Crippen molar-refractivity contribution in [2.24, 2.45) is 0 Å². The highest BCUT2D eigenvalue weighted by Gasteiger charge is 2.20. The summed E-state index contributed by atoms with van der Waals surface area (Å²) in [5, 5.41) is 9.27. The lowest BCUT2D eigenvalue weighted by atomic mass is 10.1. The molecule has 0 spiro atoms. The molecule has 0 radical (unpaired) electrons. The normalized spacial score (nSPS) is 15.8. The Morgan fingerprint density at radius 1 is 1.12 bits per heavy atom. The number of rotatable bonds is 6. The van der Waals surface area contributed by atoms with Crippen LogP contribution in [0.15, 0.2) is 42.7 Å². The van der Waals surface area contributed by atoms with Crippen molar-refractivity contribution in [3.8, 4) is 5.69 Å². The summed E-state index contributed by atoms with van der Waals surface area (Å²) >= 11 is 1.74. The van der Waals surface area contributed by atoms with Gasteiger partial charge in [0.05, 0.1) is 36.9 Å². The Bertz CT molecular complexity index is 1210. The molecule has 0 saturated carbocycles. The molecule has 0 amide bonds. The van der Waals surface area contributed by atoms with Gasteiger partial charge in [0.15, 0.2) is 0 Å². The number of ether oxygens (including phenoxy) is 1. The summed E-state index contributed by atoms with van der Waals surface area (Å²) < 4.78 is 7.40. The molecule has 0 aliphatic carbocycles. The second kappa shape index (κ2) is 8.97. The molecule has 3 aromatic heterocycles. The first-order valence-corrected chi connectivity index (χ1v) is 11.8. The van der Waals surface area contributed by atoms with Gasteiger partial charge in [-0.3, -0.25) is 4.90 Å². The van der Waals surface area contributed by atoms with Crippen LogP contribution in [0.5, 0.6) is 0 Å². The SMILES string of the molecule is Cc1sc2nc(CN3CCOCC3)nc(NC(C)c3ccccc3-n3cccn3)c2c1C. The zero-order valence-corrected chi connectivity index (χ0v) is 19.5. The van der Waals surface area contributed by atoms with Crippen molar-refractivity contribution in [1.82, 2.24) is 24.6 Å². The molecule has 1 aromatic carbocycles. The Kier molecular flexibility index (Phi) is 5.91. The van der Waals surface area contributed by atoms with Crippen molar-refractivity contribution in [2.75, 3.05) is 31.6 Å². The number of fused-ring (bicyclic) bond motifs is 1. The summed E-state index contributed by atoms with van der Waals surface area (Å²) in [6.45, 7) is 10.6. The number of hydrogen-bond donors (Lipinski definition) is 1. The van der Waals surface area contributed by atoms with E-state index in [4.69, 9.17) is 14.7 Å². The zero-order chi connectivity index (χ0) is 22.1.